The summed E-state index contributed by atoms with van der Waals surface area (Å²) in [4.78, 5) is 15.5. The Morgan fingerprint density at radius 1 is 1.57 bits per heavy atom. The number of aryl methyl sites for hydroxylation is 1. The van der Waals surface area contributed by atoms with Crippen LogP contribution < -0.4 is 5.32 Å². The van der Waals surface area contributed by atoms with E-state index in [2.05, 4.69) is 10.3 Å². The molecule has 1 aromatic heterocycles. The minimum absolute atomic E-state index is 0.123. The van der Waals surface area contributed by atoms with Crippen LogP contribution in [-0.4, -0.2) is 10.9 Å². The Morgan fingerprint density at radius 3 is 3.14 bits per heavy atom. The molecule has 1 aliphatic heterocycles. The summed E-state index contributed by atoms with van der Waals surface area (Å²) in [5, 5.41) is 2.97. The van der Waals surface area contributed by atoms with Crippen molar-refractivity contribution in [3.05, 3.63) is 29.6 Å². The quantitative estimate of drug-likeness (QED) is 0.732. The summed E-state index contributed by atoms with van der Waals surface area (Å²) < 4.78 is 0. The normalized spacial score (nSPS) is 21.8. The van der Waals surface area contributed by atoms with E-state index < -0.39 is 0 Å². The fourth-order valence-corrected chi connectivity index (χ4v) is 1.87. The van der Waals surface area contributed by atoms with Gasteiger partial charge < -0.3 is 5.32 Å². The SMILES string of the molecule is Cc1cccnc1C1CCCC(=O)N1. The highest BCUT2D eigenvalue weighted by Gasteiger charge is 2.21. The monoisotopic (exact) mass is 190 g/mol. The molecule has 1 fully saturated rings. The zero-order valence-corrected chi connectivity index (χ0v) is 8.29. The Kier molecular flexibility index (Phi) is 2.48. The summed E-state index contributed by atoms with van der Waals surface area (Å²) >= 11 is 0. The van der Waals surface area contributed by atoms with Crippen molar-refractivity contribution in [1.29, 1.82) is 0 Å². The Hall–Kier alpha value is -1.38. The van der Waals surface area contributed by atoms with Crippen molar-refractivity contribution in [2.45, 2.75) is 32.2 Å². The molecule has 0 bridgehead atoms. The third-order valence-electron chi connectivity index (χ3n) is 2.61. The Bertz CT molecular complexity index is 349. The molecule has 3 heteroatoms. The van der Waals surface area contributed by atoms with Crippen LogP contribution in [0.25, 0.3) is 0 Å². The minimum Gasteiger partial charge on any atom is -0.348 e. The fraction of sp³-hybridized carbons (Fsp3) is 0.455. The molecule has 1 N–H and O–H groups in total. The van der Waals surface area contributed by atoms with Crippen LogP contribution in [0.2, 0.25) is 0 Å². The first kappa shape index (κ1) is 9.19. The zero-order chi connectivity index (χ0) is 9.97. The van der Waals surface area contributed by atoms with Crippen LogP contribution in [-0.2, 0) is 4.79 Å². The number of rotatable bonds is 1. The van der Waals surface area contributed by atoms with E-state index in [0.717, 1.165) is 24.1 Å². The van der Waals surface area contributed by atoms with Gasteiger partial charge in [0.1, 0.15) is 0 Å². The number of nitrogens with one attached hydrogen (secondary N) is 1. The highest BCUT2D eigenvalue weighted by atomic mass is 16.1. The van der Waals surface area contributed by atoms with Crippen molar-refractivity contribution in [3.63, 3.8) is 0 Å². The van der Waals surface area contributed by atoms with E-state index in [1.54, 1.807) is 6.20 Å². The van der Waals surface area contributed by atoms with E-state index >= 15 is 0 Å². The predicted molar refractivity (Wildman–Crippen MR) is 53.7 cm³/mol. The molecule has 0 radical (unpaired) electrons. The Morgan fingerprint density at radius 2 is 2.43 bits per heavy atom. The lowest BCUT2D eigenvalue weighted by Crippen LogP contribution is -2.33. The average molecular weight is 190 g/mol. The van der Waals surface area contributed by atoms with Crippen LogP contribution in [0.5, 0.6) is 0 Å². The number of hydrogen-bond donors (Lipinski definition) is 1. The van der Waals surface area contributed by atoms with Gasteiger partial charge in [0, 0.05) is 12.6 Å². The van der Waals surface area contributed by atoms with Gasteiger partial charge in [-0.05, 0) is 31.4 Å². The van der Waals surface area contributed by atoms with Gasteiger partial charge >= 0.3 is 0 Å². The van der Waals surface area contributed by atoms with E-state index in [9.17, 15) is 4.79 Å². The number of pyridine rings is 1. The molecule has 1 atom stereocenters. The van der Waals surface area contributed by atoms with Gasteiger partial charge in [-0.15, -0.1) is 0 Å². The minimum atomic E-state index is 0.123. The second-order valence-corrected chi connectivity index (χ2v) is 3.72. The molecular weight excluding hydrogens is 176 g/mol. The Balaban J connectivity index is 2.22. The van der Waals surface area contributed by atoms with E-state index in [1.165, 1.54) is 0 Å². The van der Waals surface area contributed by atoms with Crippen LogP contribution in [0.1, 0.15) is 36.6 Å². The van der Waals surface area contributed by atoms with Crippen LogP contribution in [0.15, 0.2) is 18.3 Å². The molecule has 0 aliphatic carbocycles. The first-order valence-electron chi connectivity index (χ1n) is 4.98. The number of piperidine rings is 1. The number of carbonyl (C=O) groups is 1. The number of aromatic nitrogens is 1. The Labute approximate surface area is 83.5 Å². The van der Waals surface area contributed by atoms with E-state index in [1.807, 2.05) is 19.1 Å². The topological polar surface area (TPSA) is 42.0 Å². The number of nitrogens with zero attached hydrogens (tertiary/aromatic N) is 1. The molecule has 1 unspecified atom stereocenters. The van der Waals surface area contributed by atoms with E-state index in [-0.39, 0.29) is 11.9 Å². The summed E-state index contributed by atoms with van der Waals surface area (Å²) in [6, 6.07) is 4.07. The summed E-state index contributed by atoms with van der Waals surface area (Å²) in [6.45, 7) is 2.03. The molecule has 1 aliphatic rings. The molecule has 1 amide bonds. The van der Waals surface area contributed by atoms with Crippen molar-refractivity contribution < 1.29 is 4.79 Å². The van der Waals surface area contributed by atoms with E-state index in [0.29, 0.717) is 6.42 Å². The van der Waals surface area contributed by atoms with Crippen LogP contribution in [0.4, 0.5) is 0 Å². The highest BCUT2D eigenvalue weighted by Crippen LogP contribution is 2.23. The van der Waals surface area contributed by atoms with Gasteiger partial charge in [0.25, 0.3) is 0 Å². The molecule has 74 valence electrons. The largest absolute Gasteiger partial charge is 0.348 e. The smallest absolute Gasteiger partial charge is 0.220 e. The third-order valence-corrected chi connectivity index (χ3v) is 2.61. The fourth-order valence-electron chi connectivity index (χ4n) is 1.87. The molecule has 14 heavy (non-hydrogen) atoms. The third kappa shape index (κ3) is 1.76. The standard InChI is InChI=1S/C11H14N2O/c1-8-4-3-7-12-11(8)9-5-2-6-10(14)13-9/h3-4,7,9H,2,5-6H2,1H3,(H,13,14). The van der Waals surface area contributed by atoms with Gasteiger partial charge in [-0.1, -0.05) is 6.07 Å². The summed E-state index contributed by atoms with van der Waals surface area (Å²) in [5.74, 6) is 0.145. The first-order valence-corrected chi connectivity index (χ1v) is 4.98. The first-order chi connectivity index (χ1) is 6.77. The second-order valence-electron chi connectivity index (χ2n) is 3.72. The molecule has 0 saturated carbocycles. The molecule has 1 aromatic rings. The lowest BCUT2D eigenvalue weighted by Gasteiger charge is -2.23. The number of amides is 1. The second kappa shape index (κ2) is 3.78. The van der Waals surface area contributed by atoms with Crippen molar-refractivity contribution in [2.75, 3.05) is 0 Å². The van der Waals surface area contributed by atoms with Crippen LogP contribution in [0, 0.1) is 6.92 Å². The van der Waals surface area contributed by atoms with Crippen molar-refractivity contribution >= 4 is 5.91 Å². The molecule has 2 rings (SSSR count). The summed E-state index contributed by atoms with van der Waals surface area (Å²) in [7, 11) is 0. The molecule has 0 spiro atoms. The van der Waals surface area contributed by atoms with Gasteiger partial charge in [-0.3, -0.25) is 9.78 Å². The molecule has 2 heterocycles. The van der Waals surface area contributed by atoms with Crippen LogP contribution >= 0.6 is 0 Å². The van der Waals surface area contributed by atoms with Crippen molar-refractivity contribution in [3.8, 4) is 0 Å². The maximum absolute atomic E-state index is 11.2. The van der Waals surface area contributed by atoms with Crippen LogP contribution in [0.3, 0.4) is 0 Å². The molecule has 3 nitrogen and oxygen atoms in total. The van der Waals surface area contributed by atoms with Gasteiger partial charge in [0.2, 0.25) is 5.91 Å². The molecule has 1 saturated heterocycles. The number of carbonyl (C=O) groups excluding carboxylic acids is 1. The van der Waals surface area contributed by atoms with E-state index in [4.69, 9.17) is 0 Å². The predicted octanol–water partition coefficient (Wildman–Crippen LogP) is 1.73. The van der Waals surface area contributed by atoms with Gasteiger partial charge in [-0.25, -0.2) is 0 Å². The van der Waals surface area contributed by atoms with Crippen molar-refractivity contribution in [1.82, 2.24) is 10.3 Å². The van der Waals surface area contributed by atoms with Gasteiger partial charge in [0.15, 0.2) is 0 Å². The van der Waals surface area contributed by atoms with Gasteiger partial charge in [0.05, 0.1) is 11.7 Å². The average Bonchev–Trinajstić information content (AvgIpc) is 2.18. The highest BCUT2D eigenvalue weighted by molar-refractivity contribution is 5.77. The lowest BCUT2D eigenvalue weighted by molar-refractivity contribution is -0.123. The molecule has 0 aromatic carbocycles. The lowest BCUT2D eigenvalue weighted by atomic mass is 9.98. The maximum atomic E-state index is 11.2. The van der Waals surface area contributed by atoms with Crippen molar-refractivity contribution in [2.24, 2.45) is 0 Å². The molecular formula is C11H14N2O. The zero-order valence-electron chi connectivity index (χ0n) is 8.29. The van der Waals surface area contributed by atoms with Gasteiger partial charge in [-0.2, -0.15) is 0 Å². The summed E-state index contributed by atoms with van der Waals surface area (Å²) in [6.07, 6.45) is 4.40. The number of hydrogen-bond acceptors (Lipinski definition) is 2. The summed E-state index contributed by atoms with van der Waals surface area (Å²) in [5.41, 5.74) is 2.17. The maximum Gasteiger partial charge on any atom is 0.220 e.